The van der Waals surface area contributed by atoms with Gasteiger partial charge in [-0.1, -0.05) is 42.5 Å². The lowest BCUT2D eigenvalue weighted by Gasteiger charge is -2.10. The third-order valence-corrected chi connectivity index (χ3v) is 3.94. The molecule has 3 heteroatoms. The van der Waals surface area contributed by atoms with E-state index in [0.29, 0.717) is 6.61 Å². The van der Waals surface area contributed by atoms with Crippen LogP contribution in [-0.2, 0) is 6.61 Å². The molecule has 0 amide bonds. The monoisotopic (exact) mass is 330 g/mol. The van der Waals surface area contributed by atoms with E-state index in [9.17, 15) is 4.39 Å². The Balaban J connectivity index is 1.89. The van der Waals surface area contributed by atoms with Crippen LogP contribution in [0.3, 0.4) is 0 Å². The molecule has 3 rings (SSSR count). The zero-order valence-corrected chi connectivity index (χ0v) is 12.2. The second kappa shape index (κ2) is 5.63. The molecule has 0 spiro atoms. The second-order valence-electron chi connectivity index (χ2n) is 4.52. The first kappa shape index (κ1) is 13.1. The van der Waals surface area contributed by atoms with Crippen LogP contribution in [0.4, 0.5) is 4.39 Å². The number of fused-ring (bicyclic) bond motifs is 1. The average molecular weight is 331 g/mol. The third kappa shape index (κ3) is 2.68. The summed E-state index contributed by atoms with van der Waals surface area (Å²) in [5.41, 5.74) is 1.11. The van der Waals surface area contributed by atoms with Gasteiger partial charge in [0.1, 0.15) is 18.2 Å². The lowest BCUT2D eigenvalue weighted by Crippen LogP contribution is -1.96. The van der Waals surface area contributed by atoms with E-state index >= 15 is 0 Å². The van der Waals surface area contributed by atoms with Crippen LogP contribution >= 0.6 is 15.9 Å². The summed E-state index contributed by atoms with van der Waals surface area (Å²) in [5, 5.41) is 1.79. The molecule has 0 aromatic heterocycles. The van der Waals surface area contributed by atoms with E-state index in [0.717, 1.165) is 26.6 Å². The summed E-state index contributed by atoms with van der Waals surface area (Å²) in [6.07, 6.45) is 0. The predicted molar refractivity (Wildman–Crippen MR) is 82.4 cm³/mol. The predicted octanol–water partition coefficient (Wildman–Crippen LogP) is 5.32. The van der Waals surface area contributed by atoms with Gasteiger partial charge in [0, 0.05) is 0 Å². The summed E-state index contributed by atoms with van der Waals surface area (Å²) in [6.45, 7) is 0.506. The van der Waals surface area contributed by atoms with Crippen LogP contribution in [-0.4, -0.2) is 0 Å². The second-order valence-corrected chi connectivity index (χ2v) is 5.31. The van der Waals surface area contributed by atoms with Crippen molar-refractivity contribution in [2.45, 2.75) is 6.61 Å². The molecule has 0 saturated heterocycles. The molecule has 20 heavy (non-hydrogen) atoms. The van der Waals surface area contributed by atoms with Gasteiger partial charge in [0.25, 0.3) is 0 Å². The molecule has 0 aliphatic heterocycles. The van der Waals surface area contributed by atoms with Gasteiger partial charge in [0.2, 0.25) is 0 Å². The molecule has 1 nitrogen and oxygen atoms in total. The molecule has 3 aromatic rings. The van der Waals surface area contributed by atoms with E-state index in [1.165, 1.54) is 12.1 Å². The Labute approximate surface area is 125 Å². The first-order valence-electron chi connectivity index (χ1n) is 6.28. The molecule has 0 fully saturated rings. The Morgan fingerprint density at radius 1 is 0.950 bits per heavy atom. The van der Waals surface area contributed by atoms with Gasteiger partial charge < -0.3 is 4.74 Å². The molecule has 0 aliphatic rings. The zero-order valence-electron chi connectivity index (χ0n) is 10.6. The first-order valence-corrected chi connectivity index (χ1v) is 7.08. The molecular formula is C17H12BrFO. The van der Waals surface area contributed by atoms with Gasteiger partial charge in [-0.15, -0.1) is 0 Å². The third-order valence-electron chi connectivity index (χ3n) is 3.12. The van der Waals surface area contributed by atoms with Crippen LogP contribution in [0.15, 0.2) is 65.1 Å². The molecule has 3 aromatic carbocycles. The van der Waals surface area contributed by atoms with Gasteiger partial charge in [-0.3, -0.25) is 0 Å². The zero-order chi connectivity index (χ0) is 13.9. The molecule has 0 N–H and O–H groups in total. The molecular weight excluding hydrogens is 319 g/mol. The normalized spacial score (nSPS) is 10.7. The van der Waals surface area contributed by atoms with E-state index in [-0.39, 0.29) is 5.82 Å². The van der Waals surface area contributed by atoms with Crippen molar-refractivity contribution in [1.82, 2.24) is 0 Å². The Hall–Kier alpha value is -1.87. The van der Waals surface area contributed by atoms with Crippen molar-refractivity contribution in [2.24, 2.45) is 0 Å². The standard InChI is InChI=1S/C17H12BrFO/c18-17-15-8-7-14(19)10-13(15)6-9-16(17)20-11-12-4-2-1-3-5-12/h1-10H,11H2. The van der Waals surface area contributed by atoms with E-state index in [1.807, 2.05) is 42.5 Å². The number of halogens is 2. The first-order chi connectivity index (χ1) is 9.74. The fourth-order valence-corrected chi connectivity index (χ4v) is 2.70. The smallest absolute Gasteiger partial charge is 0.134 e. The fourth-order valence-electron chi connectivity index (χ4n) is 2.09. The van der Waals surface area contributed by atoms with Crippen molar-refractivity contribution >= 4 is 26.7 Å². The maximum atomic E-state index is 13.2. The topological polar surface area (TPSA) is 9.23 Å². The molecule has 0 atom stereocenters. The van der Waals surface area contributed by atoms with Crippen molar-refractivity contribution in [3.63, 3.8) is 0 Å². The number of benzene rings is 3. The van der Waals surface area contributed by atoms with Crippen molar-refractivity contribution in [1.29, 1.82) is 0 Å². The fraction of sp³-hybridized carbons (Fsp3) is 0.0588. The number of hydrogen-bond donors (Lipinski definition) is 0. The Morgan fingerprint density at radius 3 is 2.55 bits per heavy atom. The van der Waals surface area contributed by atoms with Crippen LogP contribution in [0.1, 0.15) is 5.56 Å². The molecule has 0 radical (unpaired) electrons. The van der Waals surface area contributed by atoms with Gasteiger partial charge in [0.05, 0.1) is 4.47 Å². The SMILES string of the molecule is Fc1ccc2c(Br)c(OCc3ccccc3)ccc2c1. The summed E-state index contributed by atoms with van der Waals surface area (Å²) in [4.78, 5) is 0. The minimum absolute atomic E-state index is 0.234. The molecule has 0 heterocycles. The van der Waals surface area contributed by atoms with Crippen LogP contribution < -0.4 is 4.74 Å². The summed E-state index contributed by atoms with van der Waals surface area (Å²) in [6, 6.07) is 18.4. The minimum Gasteiger partial charge on any atom is -0.488 e. The van der Waals surface area contributed by atoms with Crippen LogP contribution in [0.25, 0.3) is 10.8 Å². The van der Waals surface area contributed by atoms with Crippen LogP contribution in [0, 0.1) is 5.82 Å². The highest BCUT2D eigenvalue weighted by Crippen LogP contribution is 2.33. The lowest BCUT2D eigenvalue weighted by atomic mass is 10.1. The van der Waals surface area contributed by atoms with Gasteiger partial charge in [-0.2, -0.15) is 0 Å². The highest BCUT2D eigenvalue weighted by Gasteiger charge is 2.07. The molecule has 0 unspecified atom stereocenters. The number of ether oxygens (including phenoxy) is 1. The van der Waals surface area contributed by atoms with Gasteiger partial charge >= 0.3 is 0 Å². The number of rotatable bonds is 3. The van der Waals surface area contributed by atoms with E-state index in [4.69, 9.17) is 4.74 Å². The van der Waals surface area contributed by atoms with Crippen LogP contribution in [0.5, 0.6) is 5.75 Å². The maximum Gasteiger partial charge on any atom is 0.134 e. The summed E-state index contributed by atoms with van der Waals surface area (Å²) < 4.78 is 19.9. The Bertz CT molecular complexity index is 741. The van der Waals surface area contributed by atoms with E-state index in [2.05, 4.69) is 15.9 Å². The van der Waals surface area contributed by atoms with Crippen LogP contribution in [0.2, 0.25) is 0 Å². The number of hydrogen-bond acceptors (Lipinski definition) is 1. The summed E-state index contributed by atoms with van der Waals surface area (Å²) in [5.74, 6) is 0.523. The quantitative estimate of drug-likeness (QED) is 0.631. The highest BCUT2D eigenvalue weighted by atomic mass is 79.9. The molecule has 0 saturated carbocycles. The van der Waals surface area contributed by atoms with Crippen molar-refractivity contribution in [3.05, 3.63) is 76.5 Å². The molecule has 0 aliphatic carbocycles. The highest BCUT2D eigenvalue weighted by molar-refractivity contribution is 9.10. The summed E-state index contributed by atoms with van der Waals surface area (Å²) >= 11 is 3.53. The largest absolute Gasteiger partial charge is 0.488 e. The maximum absolute atomic E-state index is 13.2. The van der Waals surface area contributed by atoms with Crippen molar-refractivity contribution in [2.75, 3.05) is 0 Å². The van der Waals surface area contributed by atoms with Gasteiger partial charge in [-0.05, 0) is 50.5 Å². The minimum atomic E-state index is -0.234. The lowest BCUT2D eigenvalue weighted by molar-refractivity contribution is 0.305. The average Bonchev–Trinajstić information content (AvgIpc) is 2.47. The Morgan fingerprint density at radius 2 is 1.75 bits per heavy atom. The molecule has 0 bridgehead atoms. The van der Waals surface area contributed by atoms with Gasteiger partial charge in [0.15, 0.2) is 0 Å². The van der Waals surface area contributed by atoms with Gasteiger partial charge in [-0.25, -0.2) is 4.39 Å². The molecule has 100 valence electrons. The van der Waals surface area contributed by atoms with Crippen molar-refractivity contribution in [3.8, 4) is 5.75 Å². The summed E-state index contributed by atoms with van der Waals surface area (Å²) in [7, 11) is 0. The van der Waals surface area contributed by atoms with E-state index < -0.39 is 0 Å². The Kier molecular flexibility index (Phi) is 3.70. The van der Waals surface area contributed by atoms with Crippen molar-refractivity contribution < 1.29 is 9.13 Å². The van der Waals surface area contributed by atoms with E-state index in [1.54, 1.807) is 6.07 Å².